The Hall–Kier alpha value is -4.58. The quantitative estimate of drug-likeness (QED) is 0.303. The lowest BCUT2D eigenvalue weighted by atomic mass is 9.88. The zero-order chi connectivity index (χ0) is 31.3. The summed E-state index contributed by atoms with van der Waals surface area (Å²) in [5.41, 5.74) is 2.15. The van der Waals surface area contributed by atoms with E-state index in [1.807, 2.05) is 17.5 Å². The molecule has 1 atom stereocenters. The Bertz CT molecular complexity index is 1560. The molecule has 1 aromatic heterocycles. The monoisotopic (exact) mass is 632 g/mol. The van der Waals surface area contributed by atoms with E-state index in [-0.39, 0.29) is 30.9 Å². The molecule has 3 aliphatic rings. The van der Waals surface area contributed by atoms with Crippen LogP contribution in [0.4, 0.5) is 11.4 Å². The van der Waals surface area contributed by atoms with Gasteiger partial charge in [-0.3, -0.25) is 19.2 Å². The van der Waals surface area contributed by atoms with Gasteiger partial charge in [-0.25, -0.2) is 0 Å². The van der Waals surface area contributed by atoms with Crippen molar-refractivity contribution in [2.24, 2.45) is 5.92 Å². The van der Waals surface area contributed by atoms with Gasteiger partial charge in [0.2, 0.25) is 12.7 Å². The minimum absolute atomic E-state index is 0.0625. The fourth-order valence-electron chi connectivity index (χ4n) is 6.14. The van der Waals surface area contributed by atoms with Crippen LogP contribution in [-0.4, -0.2) is 66.7 Å². The Morgan fingerprint density at radius 3 is 2.40 bits per heavy atom. The second-order valence-corrected chi connectivity index (χ2v) is 12.5. The zero-order valence-electron chi connectivity index (χ0n) is 24.8. The Kier molecular flexibility index (Phi) is 9.20. The van der Waals surface area contributed by atoms with Crippen molar-refractivity contribution in [2.75, 3.05) is 43.2 Å². The van der Waals surface area contributed by atoms with E-state index in [9.17, 15) is 24.3 Å². The number of carboxylic acid groups (broad SMARTS) is 1. The Morgan fingerprint density at radius 1 is 0.911 bits per heavy atom. The van der Waals surface area contributed by atoms with E-state index < -0.39 is 17.9 Å². The lowest BCUT2D eigenvalue weighted by molar-refractivity contribution is -0.137. The van der Waals surface area contributed by atoms with Crippen molar-refractivity contribution in [3.8, 4) is 11.5 Å². The van der Waals surface area contributed by atoms with Gasteiger partial charge in [0, 0.05) is 48.1 Å². The topological polar surface area (TPSA) is 138 Å². The molecule has 1 aliphatic carbocycles. The van der Waals surface area contributed by atoms with Gasteiger partial charge in [-0.2, -0.15) is 0 Å². The van der Waals surface area contributed by atoms with Crippen LogP contribution < -0.4 is 25.0 Å². The number of hydrogen-bond donors (Lipinski definition) is 3. The first-order chi connectivity index (χ1) is 21.9. The lowest BCUT2D eigenvalue weighted by Crippen LogP contribution is -2.49. The number of anilines is 2. The molecule has 3 amide bonds. The number of piperazine rings is 1. The van der Waals surface area contributed by atoms with Crippen molar-refractivity contribution >= 4 is 46.4 Å². The molecule has 0 spiro atoms. The van der Waals surface area contributed by atoms with Crippen molar-refractivity contribution in [1.82, 2.24) is 10.2 Å². The van der Waals surface area contributed by atoms with Crippen LogP contribution in [0.2, 0.25) is 0 Å². The van der Waals surface area contributed by atoms with Crippen LogP contribution in [0, 0.1) is 5.92 Å². The number of ether oxygens (including phenoxy) is 2. The highest BCUT2D eigenvalue weighted by atomic mass is 32.1. The van der Waals surface area contributed by atoms with Gasteiger partial charge >= 0.3 is 5.97 Å². The van der Waals surface area contributed by atoms with E-state index in [1.54, 1.807) is 41.3 Å². The molecule has 0 bridgehead atoms. The Labute approximate surface area is 265 Å². The predicted octanol–water partition coefficient (Wildman–Crippen LogP) is 4.90. The molecule has 2 fully saturated rings. The van der Waals surface area contributed by atoms with Crippen LogP contribution in [0.25, 0.3) is 0 Å². The second-order valence-electron chi connectivity index (χ2n) is 11.5. The third-order valence-electron chi connectivity index (χ3n) is 8.59. The number of carbonyl (C=O) groups excluding carboxylic acids is 3. The molecule has 2 aliphatic heterocycles. The molecule has 236 valence electrons. The Morgan fingerprint density at radius 2 is 1.67 bits per heavy atom. The van der Waals surface area contributed by atoms with Gasteiger partial charge in [-0.1, -0.05) is 25.3 Å². The molecule has 3 N–H and O–H groups in total. The maximum atomic E-state index is 13.4. The van der Waals surface area contributed by atoms with E-state index in [1.165, 1.54) is 11.3 Å². The van der Waals surface area contributed by atoms with Gasteiger partial charge in [-0.15, -0.1) is 11.3 Å². The molecule has 2 aromatic carbocycles. The van der Waals surface area contributed by atoms with E-state index in [2.05, 4.69) is 15.5 Å². The number of amides is 3. The number of hydrogen-bond acceptors (Lipinski definition) is 8. The number of aliphatic carboxylic acids is 1. The number of nitrogens with zero attached hydrogens (tertiary/aromatic N) is 2. The van der Waals surface area contributed by atoms with Crippen molar-refractivity contribution in [1.29, 1.82) is 0 Å². The molecule has 3 aromatic rings. The number of carboxylic acids is 1. The second kappa shape index (κ2) is 13.6. The van der Waals surface area contributed by atoms with Gasteiger partial charge in [0.15, 0.2) is 11.5 Å². The maximum absolute atomic E-state index is 13.4. The normalized spacial score (nSPS) is 17.1. The van der Waals surface area contributed by atoms with Crippen molar-refractivity contribution in [2.45, 2.75) is 44.6 Å². The highest BCUT2D eigenvalue weighted by Gasteiger charge is 2.28. The van der Waals surface area contributed by atoms with Crippen LogP contribution in [0.5, 0.6) is 11.5 Å². The summed E-state index contributed by atoms with van der Waals surface area (Å²) in [5, 5.41) is 17.2. The minimum atomic E-state index is -1.01. The summed E-state index contributed by atoms with van der Waals surface area (Å²) in [5.74, 6) is -0.486. The molecule has 1 unspecified atom stereocenters. The number of fused-ring (bicyclic) bond motifs is 1. The fourth-order valence-corrected chi connectivity index (χ4v) is 6.92. The van der Waals surface area contributed by atoms with Crippen LogP contribution in [0.15, 0.2) is 53.9 Å². The van der Waals surface area contributed by atoms with Crippen molar-refractivity contribution in [3.63, 3.8) is 0 Å². The van der Waals surface area contributed by atoms with Crippen molar-refractivity contribution in [3.05, 3.63) is 69.9 Å². The summed E-state index contributed by atoms with van der Waals surface area (Å²) in [4.78, 5) is 56.2. The first-order valence-corrected chi connectivity index (χ1v) is 16.2. The summed E-state index contributed by atoms with van der Waals surface area (Å²) < 4.78 is 10.8. The van der Waals surface area contributed by atoms with Gasteiger partial charge in [-0.05, 0) is 60.7 Å². The fraction of sp³-hybridized carbons (Fsp3) is 0.394. The standard InChI is InChI=1S/C33H36N4O7S/c38-30(39)19-25(29-7-4-16-45-29)35-32(41)22-8-10-26(24(17-22)34-31(40)21-5-2-1-3-6-21)36-12-14-37(15-13-36)33(42)23-9-11-27-28(18-23)44-20-43-27/h4,7-11,16-18,21,25H,1-3,5-6,12-15,19-20H2,(H,34,40)(H,35,41)(H,38,39). The first-order valence-electron chi connectivity index (χ1n) is 15.3. The third-order valence-corrected chi connectivity index (χ3v) is 9.58. The van der Waals surface area contributed by atoms with Crippen LogP contribution >= 0.6 is 11.3 Å². The van der Waals surface area contributed by atoms with Gasteiger partial charge in [0.1, 0.15) is 0 Å². The number of benzene rings is 2. The highest BCUT2D eigenvalue weighted by Crippen LogP contribution is 2.34. The van der Waals surface area contributed by atoms with Crippen LogP contribution in [0.3, 0.4) is 0 Å². The smallest absolute Gasteiger partial charge is 0.305 e. The predicted molar refractivity (Wildman–Crippen MR) is 169 cm³/mol. The third kappa shape index (κ3) is 7.06. The molecular weight excluding hydrogens is 596 g/mol. The summed E-state index contributed by atoms with van der Waals surface area (Å²) in [7, 11) is 0. The van der Waals surface area contributed by atoms with Gasteiger partial charge in [0.25, 0.3) is 11.8 Å². The minimum Gasteiger partial charge on any atom is -0.481 e. The highest BCUT2D eigenvalue weighted by molar-refractivity contribution is 7.10. The molecule has 6 rings (SSSR count). The van der Waals surface area contributed by atoms with Crippen LogP contribution in [-0.2, 0) is 9.59 Å². The first kappa shape index (κ1) is 30.4. The molecule has 11 nitrogen and oxygen atoms in total. The van der Waals surface area contributed by atoms with E-state index in [0.717, 1.165) is 42.7 Å². The molecule has 12 heteroatoms. The molecular formula is C33H36N4O7S. The average molecular weight is 633 g/mol. The number of rotatable bonds is 9. The lowest BCUT2D eigenvalue weighted by Gasteiger charge is -2.37. The van der Waals surface area contributed by atoms with E-state index in [0.29, 0.717) is 54.5 Å². The van der Waals surface area contributed by atoms with Crippen molar-refractivity contribution < 1.29 is 33.8 Å². The SMILES string of the molecule is O=C(O)CC(NC(=O)c1ccc(N2CCN(C(=O)c3ccc4c(c3)OCO4)CC2)c(NC(=O)C2CCCCC2)c1)c1cccs1. The van der Waals surface area contributed by atoms with Gasteiger partial charge < -0.3 is 35.0 Å². The number of nitrogens with one attached hydrogen (secondary N) is 2. The Balaban J connectivity index is 1.19. The summed E-state index contributed by atoms with van der Waals surface area (Å²) in [6.07, 6.45) is 4.58. The van der Waals surface area contributed by atoms with Gasteiger partial charge in [0.05, 0.1) is 23.8 Å². The summed E-state index contributed by atoms with van der Waals surface area (Å²) in [6.45, 7) is 2.16. The molecule has 1 saturated carbocycles. The molecule has 45 heavy (non-hydrogen) atoms. The molecule has 3 heterocycles. The van der Waals surface area contributed by atoms with E-state index in [4.69, 9.17) is 9.47 Å². The number of carbonyl (C=O) groups is 4. The summed E-state index contributed by atoms with van der Waals surface area (Å²) >= 11 is 1.38. The summed E-state index contributed by atoms with van der Waals surface area (Å²) in [6, 6.07) is 13.3. The maximum Gasteiger partial charge on any atom is 0.305 e. The largest absolute Gasteiger partial charge is 0.481 e. The number of thiophene rings is 1. The molecule has 0 radical (unpaired) electrons. The van der Waals surface area contributed by atoms with E-state index >= 15 is 0 Å². The molecule has 1 saturated heterocycles. The van der Waals surface area contributed by atoms with Crippen LogP contribution in [0.1, 0.15) is 70.2 Å². The average Bonchev–Trinajstić information content (AvgIpc) is 3.77. The zero-order valence-corrected chi connectivity index (χ0v) is 25.6.